The lowest BCUT2D eigenvalue weighted by atomic mass is 10.1. The molecule has 7 heteroatoms. The van der Waals surface area contributed by atoms with Gasteiger partial charge >= 0.3 is 6.09 Å². The number of hydrogen-bond acceptors (Lipinski definition) is 6. The second-order valence-electron chi connectivity index (χ2n) is 9.87. The number of aryl methyl sites for hydroxylation is 1. The first-order valence-electron chi connectivity index (χ1n) is 12.5. The van der Waals surface area contributed by atoms with Gasteiger partial charge in [-0.1, -0.05) is 18.7 Å². The Morgan fingerprint density at radius 1 is 1.03 bits per heavy atom. The molecule has 184 valence electrons. The molecule has 1 amide bonds. The number of nitrogens with zero attached hydrogens (tertiary/aromatic N) is 3. The van der Waals surface area contributed by atoms with Gasteiger partial charge in [0.05, 0.1) is 11.4 Å². The first-order chi connectivity index (χ1) is 16.2. The average Bonchev–Trinajstić information content (AvgIpc) is 2.81. The van der Waals surface area contributed by atoms with E-state index >= 15 is 0 Å². The molecule has 0 bridgehead atoms. The standard InChI is InChI=1S/C27H38N4O2S/c1-7-19-16-21(30-12-14-31(15-13-30)26(32)33-27(4,5)6)18-24-25(19)28-22-11-10-20(17-23(22)34-24)29(8-2)9-3/h10-11,16-18,28H,7-9,12-15H2,1-6H3. The normalized spacial score (nSPS) is 15.4. The van der Waals surface area contributed by atoms with E-state index in [1.54, 1.807) is 0 Å². The highest BCUT2D eigenvalue weighted by molar-refractivity contribution is 7.99. The summed E-state index contributed by atoms with van der Waals surface area (Å²) < 4.78 is 5.56. The fourth-order valence-corrected chi connectivity index (χ4v) is 5.66. The maximum absolute atomic E-state index is 12.5. The van der Waals surface area contributed by atoms with Gasteiger partial charge in [0.2, 0.25) is 0 Å². The molecule has 0 aromatic heterocycles. The number of benzene rings is 2. The Morgan fingerprint density at radius 3 is 2.35 bits per heavy atom. The van der Waals surface area contributed by atoms with Crippen molar-refractivity contribution in [1.29, 1.82) is 0 Å². The van der Waals surface area contributed by atoms with Gasteiger partial charge in [-0.05, 0) is 76.9 Å². The molecule has 0 saturated carbocycles. The Morgan fingerprint density at radius 2 is 1.74 bits per heavy atom. The molecule has 2 aromatic rings. The van der Waals surface area contributed by atoms with Crippen LogP contribution in [0.3, 0.4) is 0 Å². The predicted molar refractivity (Wildman–Crippen MR) is 143 cm³/mol. The number of amides is 1. The van der Waals surface area contributed by atoms with Crippen LogP contribution in [0.4, 0.5) is 27.5 Å². The highest BCUT2D eigenvalue weighted by Gasteiger charge is 2.27. The average molecular weight is 483 g/mol. The van der Waals surface area contributed by atoms with Crippen molar-refractivity contribution < 1.29 is 9.53 Å². The Bertz CT molecular complexity index is 1040. The highest BCUT2D eigenvalue weighted by Crippen LogP contribution is 2.48. The second-order valence-corrected chi connectivity index (χ2v) is 10.9. The lowest BCUT2D eigenvalue weighted by Crippen LogP contribution is -2.50. The number of fused-ring (bicyclic) bond motifs is 2. The van der Waals surface area contributed by atoms with Crippen LogP contribution in [0, 0.1) is 0 Å². The van der Waals surface area contributed by atoms with Crippen molar-refractivity contribution in [2.24, 2.45) is 0 Å². The van der Waals surface area contributed by atoms with Gasteiger partial charge in [-0.3, -0.25) is 0 Å². The number of piperazine rings is 1. The van der Waals surface area contributed by atoms with Crippen LogP contribution in [-0.2, 0) is 11.2 Å². The molecule has 2 aromatic carbocycles. The van der Waals surface area contributed by atoms with Gasteiger partial charge < -0.3 is 24.8 Å². The summed E-state index contributed by atoms with van der Waals surface area (Å²) in [5, 5.41) is 3.71. The minimum absolute atomic E-state index is 0.216. The van der Waals surface area contributed by atoms with E-state index in [4.69, 9.17) is 4.74 Å². The molecule has 2 aliphatic rings. The van der Waals surface area contributed by atoms with Crippen LogP contribution in [0.25, 0.3) is 0 Å². The first kappa shape index (κ1) is 24.6. The van der Waals surface area contributed by atoms with Gasteiger partial charge in [0.15, 0.2) is 0 Å². The van der Waals surface area contributed by atoms with E-state index in [-0.39, 0.29) is 6.09 Å². The summed E-state index contributed by atoms with van der Waals surface area (Å²) in [5.74, 6) is 0. The van der Waals surface area contributed by atoms with Crippen LogP contribution in [0.5, 0.6) is 0 Å². The number of carbonyl (C=O) groups excluding carboxylic acids is 1. The van der Waals surface area contributed by atoms with Crippen LogP contribution < -0.4 is 15.1 Å². The monoisotopic (exact) mass is 482 g/mol. The fraction of sp³-hybridized carbons (Fsp3) is 0.519. The van der Waals surface area contributed by atoms with Crippen molar-refractivity contribution in [1.82, 2.24) is 4.90 Å². The molecule has 0 unspecified atom stereocenters. The molecule has 0 atom stereocenters. The third-order valence-electron chi connectivity index (χ3n) is 6.42. The third kappa shape index (κ3) is 5.24. The van der Waals surface area contributed by atoms with Crippen molar-refractivity contribution in [3.63, 3.8) is 0 Å². The fourth-order valence-electron chi connectivity index (χ4n) is 4.55. The molecule has 1 fully saturated rings. The molecule has 2 aliphatic heterocycles. The van der Waals surface area contributed by atoms with Gasteiger partial charge in [0.1, 0.15) is 5.60 Å². The van der Waals surface area contributed by atoms with E-state index < -0.39 is 5.60 Å². The van der Waals surface area contributed by atoms with Crippen molar-refractivity contribution in [3.8, 4) is 0 Å². The van der Waals surface area contributed by atoms with Gasteiger partial charge in [-0.15, -0.1) is 0 Å². The van der Waals surface area contributed by atoms with E-state index in [1.165, 1.54) is 38.1 Å². The molecular formula is C27H38N4O2S. The van der Waals surface area contributed by atoms with Crippen LogP contribution in [0.1, 0.15) is 47.1 Å². The summed E-state index contributed by atoms with van der Waals surface area (Å²) in [6.45, 7) is 17.3. The Balaban J connectivity index is 1.53. The maximum Gasteiger partial charge on any atom is 0.410 e. The molecule has 0 spiro atoms. The van der Waals surface area contributed by atoms with E-state index in [2.05, 4.69) is 66.2 Å². The molecular weight excluding hydrogens is 444 g/mol. The molecule has 0 aliphatic carbocycles. The largest absolute Gasteiger partial charge is 0.444 e. The zero-order valence-corrected chi connectivity index (χ0v) is 22.2. The van der Waals surface area contributed by atoms with Crippen LogP contribution >= 0.6 is 11.8 Å². The van der Waals surface area contributed by atoms with Gasteiger partial charge in [0.25, 0.3) is 0 Å². The lowest BCUT2D eigenvalue weighted by Gasteiger charge is -2.37. The zero-order valence-electron chi connectivity index (χ0n) is 21.4. The molecule has 2 heterocycles. The topological polar surface area (TPSA) is 48.1 Å². The third-order valence-corrected chi connectivity index (χ3v) is 7.52. The number of hydrogen-bond donors (Lipinski definition) is 1. The van der Waals surface area contributed by atoms with E-state index in [1.807, 2.05) is 37.4 Å². The minimum atomic E-state index is -0.464. The predicted octanol–water partition coefficient (Wildman–Crippen LogP) is 6.36. The van der Waals surface area contributed by atoms with E-state index in [0.29, 0.717) is 13.1 Å². The van der Waals surface area contributed by atoms with Gasteiger partial charge in [-0.25, -0.2) is 4.79 Å². The lowest BCUT2D eigenvalue weighted by molar-refractivity contribution is 0.0240. The Kier molecular flexibility index (Phi) is 7.22. The quantitative estimate of drug-likeness (QED) is 0.457. The number of anilines is 4. The Labute approximate surface area is 208 Å². The van der Waals surface area contributed by atoms with Gasteiger partial charge in [0, 0.05) is 60.4 Å². The molecule has 34 heavy (non-hydrogen) atoms. The molecule has 1 N–H and O–H groups in total. The van der Waals surface area contributed by atoms with Crippen molar-refractivity contribution in [2.45, 2.75) is 63.4 Å². The first-order valence-corrected chi connectivity index (χ1v) is 13.3. The smallest absolute Gasteiger partial charge is 0.410 e. The zero-order chi connectivity index (χ0) is 24.5. The number of carbonyl (C=O) groups is 1. The maximum atomic E-state index is 12.5. The van der Waals surface area contributed by atoms with Gasteiger partial charge in [-0.2, -0.15) is 0 Å². The molecule has 4 rings (SSSR count). The van der Waals surface area contributed by atoms with Crippen LogP contribution in [0.15, 0.2) is 40.1 Å². The molecule has 0 radical (unpaired) electrons. The summed E-state index contributed by atoms with van der Waals surface area (Å²) in [7, 11) is 0. The highest BCUT2D eigenvalue weighted by atomic mass is 32.2. The van der Waals surface area contributed by atoms with Crippen molar-refractivity contribution in [3.05, 3.63) is 35.9 Å². The van der Waals surface area contributed by atoms with E-state index in [9.17, 15) is 4.79 Å². The summed E-state index contributed by atoms with van der Waals surface area (Å²) in [4.78, 5) is 21.6. The van der Waals surface area contributed by atoms with E-state index in [0.717, 1.165) is 32.6 Å². The van der Waals surface area contributed by atoms with Crippen LogP contribution in [0.2, 0.25) is 0 Å². The molecule has 1 saturated heterocycles. The van der Waals surface area contributed by atoms with Crippen molar-refractivity contribution >= 4 is 40.6 Å². The minimum Gasteiger partial charge on any atom is -0.444 e. The SMILES string of the molecule is CCc1cc(N2CCN(C(=O)OC(C)(C)C)CC2)cc2c1Nc1ccc(N(CC)CC)cc1S2. The summed E-state index contributed by atoms with van der Waals surface area (Å²) in [6.07, 6.45) is 0.751. The summed E-state index contributed by atoms with van der Waals surface area (Å²) in [6, 6.07) is 11.4. The molecule has 6 nitrogen and oxygen atoms in total. The number of nitrogens with one attached hydrogen (secondary N) is 1. The summed E-state index contributed by atoms with van der Waals surface area (Å²) in [5.41, 5.74) is 5.78. The second kappa shape index (κ2) is 9.98. The summed E-state index contributed by atoms with van der Waals surface area (Å²) >= 11 is 1.85. The number of rotatable bonds is 5. The Hall–Kier alpha value is -2.54. The van der Waals surface area contributed by atoms with Crippen LogP contribution in [-0.4, -0.2) is 55.9 Å². The number of ether oxygens (including phenoxy) is 1. The van der Waals surface area contributed by atoms with Crippen molar-refractivity contribution in [2.75, 3.05) is 54.4 Å².